The highest BCUT2D eigenvalue weighted by molar-refractivity contribution is 5.94. The topological polar surface area (TPSA) is 167 Å². The second-order valence-electron chi connectivity index (χ2n) is 9.97. The number of rotatable bonds is 18. The Hall–Kier alpha value is -4.98. The normalized spacial score (nSPS) is 11.7. The predicted molar refractivity (Wildman–Crippen MR) is 170 cm³/mol. The second-order valence-corrected chi connectivity index (χ2v) is 9.97. The SMILES string of the molecule is NCCOCCOCCNC(=O)c1ccc(CNc2nc(NCc3ccccc3)nc(NCc3cccc4c3OCO4)n2)cc1. The van der Waals surface area contributed by atoms with Gasteiger partial charge in [0, 0.05) is 43.9 Å². The highest BCUT2D eigenvalue weighted by Crippen LogP contribution is 2.35. The minimum Gasteiger partial charge on any atom is -0.454 e. The zero-order valence-electron chi connectivity index (χ0n) is 25.0. The fourth-order valence-corrected chi connectivity index (χ4v) is 4.39. The van der Waals surface area contributed by atoms with E-state index in [0.29, 0.717) is 82.6 Å². The van der Waals surface area contributed by atoms with Gasteiger partial charge in [0.25, 0.3) is 5.91 Å². The highest BCUT2D eigenvalue weighted by atomic mass is 16.7. The molecule has 6 N–H and O–H groups in total. The molecule has 2 heterocycles. The fourth-order valence-electron chi connectivity index (χ4n) is 4.39. The number of aromatic nitrogens is 3. The van der Waals surface area contributed by atoms with Gasteiger partial charge in [-0.15, -0.1) is 0 Å². The number of nitrogens with zero attached hydrogens (tertiary/aromatic N) is 3. The Morgan fingerprint density at radius 2 is 1.36 bits per heavy atom. The third-order valence-electron chi connectivity index (χ3n) is 6.68. The molecule has 0 saturated carbocycles. The Morgan fingerprint density at radius 1 is 0.711 bits per heavy atom. The van der Waals surface area contributed by atoms with Crippen LogP contribution in [-0.2, 0) is 29.1 Å². The molecule has 236 valence electrons. The van der Waals surface area contributed by atoms with E-state index in [0.717, 1.165) is 28.2 Å². The van der Waals surface area contributed by atoms with E-state index in [1.165, 1.54) is 0 Å². The molecular weight excluding hydrogens is 576 g/mol. The maximum Gasteiger partial charge on any atom is 0.251 e. The first-order valence-electron chi connectivity index (χ1n) is 14.8. The Labute approximate surface area is 261 Å². The molecule has 0 spiro atoms. The van der Waals surface area contributed by atoms with Gasteiger partial charge in [-0.05, 0) is 29.3 Å². The highest BCUT2D eigenvalue weighted by Gasteiger charge is 2.17. The molecule has 0 bridgehead atoms. The van der Waals surface area contributed by atoms with Crippen molar-refractivity contribution in [1.29, 1.82) is 0 Å². The number of anilines is 3. The summed E-state index contributed by atoms with van der Waals surface area (Å²) in [7, 11) is 0. The predicted octanol–water partition coefficient (Wildman–Crippen LogP) is 3.16. The number of hydrogen-bond acceptors (Lipinski definition) is 12. The zero-order chi connectivity index (χ0) is 31.1. The van der Waals surface area contributed by atoms with Crippen LogP contribution in [0.3, 0.4) is 0 Å². The third-order valence-corrected chi connectivity index (χ3v) is 6.68. The van der Waals surface area contributed by atoms with Gasteiger partial charge in [0.05, 0.1) is 26.4 Å². The van der Waals surface area contributed by atoms with Gasteiger partial charge in [-0.1, -0.05) is 54.6 Å². The van der Waals surface area contributed by atoms with Crippen molar-refractivity contribution in [1.82, 2.24) is 20.3 Å². The van der Waals surface area contributed by atoms with Gasteiger partial charge in [-0.25, -0.2) is 0 Å². The number of carbonyl (C=O) groups excluding carboxylic acids is 1. The molecular formula is C32H38N8O5. The summed E-state index contributed by atoms with van der Waals surface area (Å²) in [5.74, 6) is 2.50. The van der Waals surface area contributed by atoms with E-state index in [4.69, 9.17) is 24.7 Å². The van der Waals surface area contributed by atoms with Crippen molar-refractivity contribution in [2.75, 3.05) is 62.3 Å². The van der Waals surface area contributed by atoms with Gasteiger partial charge >= 0.3 is 0 Å². The van der Waals surface area contributed by atoms with Crippen LogP contribution in [0.4, 0.5) is 17.8 Å². The first-order valence-corrected chi connectivity index (χ1v) is 14.8. The molecule has 4 aromatic rings. The van der Waals surface area contributed by atoms with E-state index >= 15 is 0 Å². The van der Waals surface area contributed by atoms with Crippen molar-refractivity contribution in [3.8, 4) is 11.5 Å². The van der Waals surface area contributed by atoms with E-state index in [1.54, 1.807) is 12.1 Å². The van der Waals surface area contributed by atoms with Gasteiger partial charge < -0.3 is 45.9 Å². The Bertz CT molecular complexity index is 1510. The summed E-state index contributed by atoms with van der Waals surface area (Å²) < 4.78 is 21.8. The number of nitrogens with two attached hydrogens (primary N) is 1. The molecule has 0 unspecified atom stereocenters. The van der Waals surface area contributed by atoms with Crippen LogP contribution in [0.15, 0.2) is 72.8 Å². The lowest BCUT2D eigenvalue weighted by molar-refractivity contribution is 0.0511. The maximum absolute atomic E-state index is 12.5. The molecule has 0 saturated heterocycles. The zero-order valence-corrected chi connectivity index (χ0v) is 25.0. The van der Waals surface area contributed by atoms with Crippen molar-refractivity contribution < 1.29 is 23.7 Å². The summed E-state index contributed by atoms with van der Waals surface area (Å²) in [4.78, 5) is 26.2. The fraction of sp³-hybridized carbons (Fsp3) is 0.312. The molecule has 13 nitrogen and oxygen atoms in total. The molecule has 3 aromatic carbocycles. The summed E-state index contributed by atoms with van der Waals surface area (Å²) in [6.07, 6.45) is 0. The van der Waals surface area contributed by atoms with Crippen molar-refractivity contribution in [2.45, 2.75) is 19.6 Å². The van der Waals surface area contributed by atoms with Crippen LogP contribution >= 0.6 is 0 Å². The Kier molecular flexibility index (Phi) is 11.7. The average Bonchev–Trinajstić information content (AvgIpc) is 3.57. The van der Waals surface area contributed by atoms with E-state index in [-0.39, 0.29) is 12.7 Å². The largest absolute Gasteiger partial charge is 0.454 e. The van der Waals surface area contributed by atoms with Crippen LogP contribution in [0.2, 0.25) is 0 Å². The summed E-state index contributed by atoms with van der Waals surface area (Å²) in [5, 5.41) is 12.7. The standard InChI is InChI=1S/C32H38N8O5/c33-13-15-42-17-18-43-16-14-34-29(41)25-11-9-24(10-12-25)20-36-31-38-30(35-19-23-5-2-1-3-6-23)39-32(40-31)37-21-26-7-4-8-27-28(26)45-22-44-27/h1-12H,13-22,33H2,(H,34,41)(H3,35,36,37,38,39,40). The molecule has 0 aliphatic carbocycles. The quantitative estimate of drug-likeness (QED) is 0.104. The van der Waals surface area contributed by atoms with E-state index in [1.807, 2.05) is 60.7 Å². The summed E-state index contributed by atoms with van der Waals surface area (Å²) in [5.41, 5.74) is 8.93. The maximum atomic E-state index is 12.5. The molecule has 0 atom stereocenters. The van der Waals surface area contributed by atoms with Crippen molar-refractivity contribution in [2.24, 2.45) is 5.73 Å². The Balaban J connectivity index is 1.16. The molecule has 5 rings (SSSR count). The monoisotopic (exact) mass is 614 g/mol. The molecule has 1 aliphatic rings. The van der Waals surface area contributed by atoms with Crippen molar-refractivity contribution in [3.63, 3.8) is 0 Å². The number of amides is 1. The van der Waals surface area contributed by atoms with Crippen LogP contribution in [-0.4, -0.2) is 67.2 Å². The lowest BCUT2D eigenvalue weighted by Gasteiger charge is -2.12. The van der Waals surface area contributed by atoms with E-state index < -0.39 is 0 Å². The van der Waals surface area contributed by atoms with Gasteiger partial charge in [-0.3, -0.25) is 4.79 Å². The number of fused-ring (bicyclic) bond motifs is 1. The van der Waals surface area contributed by atoms with Crippen LogP contribution < -0.4 is 36.5 Å². The van der Waals surface area contributed by atoms with Crippen molar-refractivity contribution in [3.05, 3.63) is 95.1 Å². The van der Waals surface area contributed by atoms with Gasteiger partial charge in [0.15, 0.2) is 11.5 Å². The van der Waals surface area contributed by atoms with Crippen LogP contribution in [0.5, 0.6) is 11.5 Å². The minimum absolute atomic E-state index is 0.166. The molecule has 0 fully saturated rings. The summed E-state index contributed by atoms with van der Waals surface area (Å²) >= 11 is 0. The first-order chi connectivity index (χ1) is 22.2. The molecule has 45 heavy (non-hydrogen) atoms. The Morgan fingerprint density at radius 3 is 2.04 bits per heavy atom. The number of hydrogen-bond donors (Lipinski definition) is 5. The number of ether oxygens (including phenoxy) is 4. The minimum atomic E-state index is -0.166. The van der Waals surface area contributed by atoms with E-state index in [2.05, 4.69) is 36.2 Å². The third kappa shape index (κ3) is 9.76. The van der Waals surface area contributed by atoms with Gasteiger partial charge in [0.1, 0.15) is 0 Å². The molecule has 1 aliphatic heterocycles. The van der Waals surface area contributed by atoms with Crippen LogP contribution in [0.25, 0.3) is 0 Å². The summed E-state index contributed by atoms with van der Waals surface area (Å²) in [6, 6.07) is 23.1. The lowest BCUT2D eigenvalue weighted by atomic mass is 10.1. The van der Waals surface area contributed by atoms with Crippen LogP contribution in [0, 0.1) is 0 Å². The molecule has 1 amide bonds. The number of nitrogens with one attached hydrogen (secondary N) is 4. The van der Waals surface area contributed by atoms with E-state index in [9.17, 15) is 4.79 Å². The van der Waals surface area contributed by atoms with Gasteiger partial charge in [0.2, 0.25) is 24.6 Å². The molecule has 1 aromatic heterocycles. The van der Waals surface area contributed by atoms with Gasteiger partial charge in [-0.2, -0.15) is 15.0 Å². The summed E-state index contributed by atoms with van der Waals surface area (Å²) in [6.45, 7) is 4.38. The van der Waals surface area contributed by atoms with Crippen molar-refractivity contribution >= 4 is 23.8 Å². The first kappa shape index (κ1) is 31.4. The lowest BCUT2D eigenvalue weighted by Crippen LogP contribution is -2.27. The van der Waals surface area contributed by atoms with Crippen LogP contribution in [0.1, 0.15) is 27.0 Å². The number of carbonyl (C=O) groups is 1. The number of para-hydroxylation sites is 1. The average molecular weight is 615 g/mol. The number of benzene rings is 3. The second kappa shape index (κ2) is 16.8. The smallest absolute Gasteiger partial charge is 0.251 e. The molecule has 0 radical (unpaired) electrons. The molecule has 13 heteroatoms.